The van der Waals surface area contributed by atoms with Crippen molar-refractivity contribution in [2.45, 2.75) is 6.92 Å². The number of methoxy groups -OCH3 is 1. The van der Waals surface area contributed by atoms with Gasteiger partial charge < -0.3 is 19.5 Å². The van der Waals surface area contributed by atoms with E-state index in [0.29, 0.717) is 41.4 Å². The molecular formula is C18H19NO5. The number of benzene rings is 2. The van der Waals surface area contributed by atoms with Crippen LogP contribution in [0.3, 0.4) is 0 Å². The van der Waals surface area contributed by atoms with Crippen LogP contribution in [0.15, 0.2) is 42.5 Å². The van der Waals surface area contributed by atoms with E-state index in [1.165, 1.54) is 7.11 Å². The summed E-state index contributed by atoms with van der Waals surface area (Å²) in [6.07, 6.45) is 0.705. The molecule has 2 rings (SSSR count). The molecule has 2 aromatic carbocycles. The Labute approximate surface area is 140 Å². The Hall–Kier alpha value is -3.02. The summed E-state index contributed by atoms with van der Waals surface area (Å²) in [4.78, 5) is 23.0. The number of carbonyl (C=O) groups is 2. The Balaban J connectivity index is 2.05. The zero-order valence-corrected chi connectivity index (χ0v) is 13.6. The first-order chi connectivity index (χ1) is 11.7. The maximum absolute atomic E-state index is 12.1. The van der Waals surface area contributed by atoms with Crippen molar-refractivity contribution in [3.63, 3.8) is 0 Å². The number of nitrogens with one attached hydrogen (secondary N) is 1. The van der Waals surface area contributed by atoms with E-state index in [-0.39, 0.29) is 12.5 Å². The van der Waals surface area contributed by atoms with Crippen LogP contribution in [0.25, 0.3) is 0 Å². The fourth-order valence-electron chi connectivity index (χ4n) is 2.07. The van der Waals surface area contributed by atoms with E-state index >= 15 is 0 Å². The van der Waals surface area contributed by atoms with Crippen molar-refractivity contribution < 1.29 is 23.8 Å². The molecule has 0 aliphatic rings. The number of anilines is 1. The van der Waals surface area contributed by atoms with Crippen LogP contribution in [0.1, 0.15) is 17.3 Å². The Bertz CT molecular complexity index is 714. The van der Waals surface area contributed by atoms with Gasteiger partial charge in [0.15, 0.2) is 18.1 Å². The van der Waals surface area contributed by atoms with Gasteiger partial charge in [0.1, 0.15) is 12.0 Å². The second-order valence-corrected chi connectivity index (χ2v) is 4.79. The second-order valence-electron chi connectivity index (χ2n) is 4.79. The van der Waals surface area contributed by atoms with E-state index in [0.717, 1.165) is 0 Å². The molecule has 6 nitrogen and oxygen atoms in total. The van der Waals surface area contributed by atoms with E-state index in [1.54, 1.807) is 36.4 Å². The number of aldehydes is 1. The summed E-state index contributed by atoms with van der Waals surface area (Å²) in [5, 5.41) is 2.69. The topological polar surface area (TPSA) is 73.9 Å². The first-order valence-electron chi connectivity index (χ1n) is 7.45. The van der Waals surface area contributed by atoms with Crippen molar-refractivity contribution in [1.82, 2.24) is 0 Å². The highest BCUT2D eigenvalue weighted by Gasteiger charge is 2.11. The number of amides is 1. The first-order valence-corrected chi connectivity index (χ1v) is 7.45. The van der Waals surface area contributed by atoms with Gasteiger partial charge in [0.2, 0.25) is 0 Å². The normalized spacial score (nSPS) is 9.92. The summed E-state index contributed by atoms with van der Waals surface area (Å²) < 4.78 is 16.1. The van der Waals surface area contributed by atoms with Gasteiger partial charge in [0.05, 0.1) is 19.4 Å². The third-order valence-corrected chi connectivity index (χ3v) is 3.14. The fourth-order valence-corrected chi connectivity index (χ4v) is 2.07. The molecule has 0 aliphatic carbocycles. The molecule has 0 heterocycles. The number of carbonyl (C=O) groups excluding carboxylic acids is 2. The van der Waals surface area contributed by atoms with Crippen molar-refractivity contribution in [1.29, 1.82) is 0 Å². The maximum Gasteiger partial charge on any atom is 0.262 e. The molecule has 24 heavy (non-hydrogen) atoms. The summed E-state index contributed by atoms with van der Waals surface area (Å²) in [6.45, 7) is 2.09. The number of ether oxygens (including phenoxy) is 3. The average molecular weight is 329 g/mol. The Kier molecular flexibility index (Phi) is 6.19. The molecule has 126 valence electrons. The molecule has 6 heteroatoms. The molecule has 0 radical (unpaired) electrons. The van der Waals surface area contributed by atoms with Crippen molar-refractivity contribution >= 4 is 17.9 Å². The monoisotopic (exact) mass is 329 g/mol. The molecule has 0 saturated carbocycles. The van der Waals surface area contributed by atoms with Crippen molar-refractivity contribution in [2.24, 2.45) is 0 Å². The summed E-state index contributed by atoms with van der Waals surface area (Å²) in [7, 11) is 1.53. The highest BCUT2D eigenvalue weighted by Crippen LogP contribution is 2.27. The van der Waals surface area contributed by atoms with Crippen LogP contribution < -0.4 is 19.5 Å². The van der Waals surface area contributed by atoms with Crippen LogP contribution in [0.5, 0.6) is 17.2 Å². The van der Waals surface area contributed by atoms with E-state index in [1.807, 2.05) is 13.0 Å². The van der Waals surface area contributed by atoms with Crippen LogP contribution >= 0.6 is 0 Å². The van der Waals surface area contributed by atoms with Crippen molar-refractivity contribution in [3.05, 3.63) is 48.0 Å². The predicted octanol–water partition coefficient (Wildman–Crippen LogP) is 2.92. The molecule has 2 aromatic rings. The molecule has 1 N–H and O–H groups in total. The molecule has 0 saturated heterocycles. The lowest BCUT2D eigenvalue weighted by atomic mass is 10.2. The molecule has 0 spiro atoms. The van der Waals surface area contributed by atoms with Gasteiger partial charge >= 0.3 is 0 Å². The number of para-hydroxylation sites is 2. The van der Waals surface area contributed by atoms with Crippen molar-refractivity contribution in [2.75, 3.05) is 25.6 Å². The highest BCUT2D eigenvalue weighted by molar-refractivity contribution is 5.94. The Morgan fingerprint density at radius 3 is 2.50 bits per heavy atom. The molecule has 0 unspecified atom stereocenters. The van der Waals surface area contributed by atoms with Gasteiger partial charge in [-0.2, -0.15) is 0 Å². The highest BCUT2D eigenvalue weighted by atomic mass is 16.5. The molecule has 0 bridgehead atoms. The van der Waals surface area contributed by atoms with Gasteiger partial charge in [0.25, 0.3) is 5.91 Å². The fraction of sp³-hybridized carbons (Fsp3) is 0.222. The van der Waals surface area contributed by atoms with Gasteiger partial charge in [-0.3, -0.25) is 9.59 Å². The molecule has 1 amide bonds. The third-order valence-electron chi connectivity index (χ3n) is 3.14. The van der Waals surface area contributed by atoms with Gasteiger partial charge in [-0.05, 0) is 37.3 Å². The van der Waals surface area contributed by atoms with Crippen LogP contribution in [0, 0.1) is 0 Å². The molecule has 0 atom stereocenters. The van der Waals surface area contributed by atoms with E-state index < -0.39 is 0 Å². The van der Waals surface area contributed by atoms with Crippen LogP contribution in [0.4, 0.5) is 5.69 Å². The summed E-state index contributed by atoms with van der Waals surface area (Å²) in [5.74, 6) is 1.14. The maximum atomic E-state index is 12.1. The van der Waals surface area contributed by atoms with Crippen LogP contribution in [-0.4, -0.2) is 32.5 Å². The third kappa shape index (κ3) is 4.49. The Morgan fingerprint density at radius 2 is 1.83 bits per heavy atom. The second kappa shape index (κ2) is 8.57. The number of hydrogen-bond acceptors (Lipinski definition) is 5. The minimum atomic E-state index is -0.370. The van der Waals surface area contributed by atoms with Gasteiger partial charge in [-0.15, -0.1) is 0 Å². The van der Waals surface area contributed by atoms with E-state index in [9.17, 15) is 9.59 Å². The average Bonchev–Trinajstić information content (AvgIpc) is 2.61. The summed E-state index contributed by atoms with van der Waals surface area (Å²) in [6, 6.07) is 11.9. The lowest BCUT2D eigenvalue weighted by Gasteiger charge is -2.13. The number of rotatable bonds is 8. The lowest BCUT2D eigenvalue weighted by molar-refractivity contribution is -0.118. The molecule has 0 aromatic heterocycles. The van der Waals surface area contributed by atoms with Crippen molar-refractivity contribution in [3.8, 4) is 17.2 Å². The standard InChI is InChI=1S/C18H19NO5/c1-3-23-15-9-8-13(11-20)10-14(15)19-18(21)12-24-17-7-5-4-6-16(17)22-2/h4-11H,3,12H2,1-2H3,(H,19,21). The molecular weight excluding hydrogens is 310 g/mol. The summed E-state index contributed by atoms with van der Waals surface area (Å²) in [5.41, 5.74) is 0.870. The quantitative estimate of drug-likeness (QED) is 0.754. The first kappa shape index (κ1) is 17.3. The minimum Gasteiger partial charge on any atom is -0.493 e. The van der Waals surface area contributed by atoms with E-state index in [2.05, 4.69) is 5.32 Å². The van der Waals surface area contributed by atoms with Gasteiger partial charge in [-0.1, -0.05) is 12.1 Å². The van der Waals surface area contributed by atoms with Crippen LogP contribution in [0.2, 0.25) is 0 Å². The van der Waals surface area contributed by atoms with Gasteiger partial charge in [0, 0.05) is 5.56 Å². The molecule has 0 fully saturated rings. The smallest absolute Gasteiger partial charge is 0.262 e. The largest absolute Gasteiger partial charge is 0.493 e. The SMILES string of the molecule is CCOc1ccc(C=O)cc1NC(=O)COc1ccccc1OC. The van der Waals surface area contributed by atoms with Gasteiger partial charge in [-0.25, -0.2) is 0 Å². The van der Waals surface area contributed by atoms with E-state index in [4.69, 9.17) is 14.2 Å². The van der Waals surface area contributed by atoms with Crippen LogP contribution in [-0.2, 0) is 4.79 Å². The molecule has 0 aliphatic heterocycles. The zero-order valence-electron chi connectivity index (χ0n) is 13.6. The summed E-state index contributed by atoms with van der Waals surface area (Å²) >= 11 is 0. The zero-order chi connectivity index (χ0) is 17.4. The lowest BCUT2D eigenvalue weighted by Crippen LogP contribution is -2.21. The minimum absolute atomic E-state index is 0.197. The number of hydrogen-bond donors (Lipinski definition) is 1. The Morgan fingerprint density at radius 1 is 1.08 bits per heavy atom. The predicted molar refractivity (Wildman–Crippen MR) is 90.1 cm³/mol.